The van der Waals surface area contributed by atoms with Gasteiger partial charge in [-0.25, -0.2) is 4.68 Å². The number of hydrogen-bond acceptors (Lipinski definition) is 4. The Labute approximate surface area is 142 Å². The Balaban J connectivity index is 2.23. The Morgan fingerprint density at radius 3 is 2.46 bits per heavy atom. The number of aliphatic hydroxyl groups is 1. The molecule has 1 unspecified atom stereocenters. The van der Waals surface area contributed by atoms with Crippen LogP contribution in [0.5, 0.6) is 0 Å². The van der Waals surface area contributed by atoms with E-state index < -0.39 is 6.10 Å². The molecule has 0 aliphatic carbocycles. The number of methoxy groups -OCH3 is 1. The second kappa shape index (κ2) is 7.59. The summed E-state index contributed by atoms with van der Waals surface area (Å²) in [5.41, 5.74) is 4.47. The quantitative estimate of drug-likeness (QED) is 0.877. The topological polar surface area (TPSA) is 67.6 Å². The predicted molar refractivity (Wildman–Crippen MR) is 92.6 cm³/mol. The molecule has 1 atom stereocenters. The maximum Gasteiger partial charge on any atom is 0.274 e. The summed E-state index contributed by atoms with van der Waals surface area (Å²) in [6, 6.07) is 7.93. The van der Waals surface area contributed by atoms with Crippen molar-refractivity contribution in [3.8, 4) is 5.69 Å². The van der Waals surface area contributed by atoms with Gasteiger partial charge >= 0.3 is 0 Å². The maximum absolute atomic E-state index is 12.5. The van der Waals surface area contributed by atoms with E-state index in [0.717, 1.165) is 22.5 Å². The fraction of sp³-hybridized carbons (Fsp3) is 0.444. The van der Waals surface area contributed by atoms with Gasteiger partial charge in [-0.15, -0.1) is 0 Å². The minimum Gasteiger partial charge on any atom is -0.389 e. The van der Waals surface area contributed by atoms with Crippen LogP contribution in [0, 0.1) is 20.8 Å². The lowest BCUT2D eigenvalue weighted by molar-refractivity contribution is 0.0377. The first-order valence-corrected chi connectivity index (χ1v) is 7.89. The first kappa shape index (κ1) is 18.2. The number of benzene rings is 1. The number of amides is 1. The molecule has 0 aliphatic heterocycles. The molecule has 0 bridgehead atoms. The summed E-state index contributed by atoms with van der Waals surface area (Å²) in [5, 5.41) is 14.2. The molecular formula is C18H25N3O3. The standard InChI is InChI=1S/C18H25N3O3/c1-12-6-13(2)8-15(7-12)21-14(3)9-17(19-21)18(23)20(4)10-16(22)11-24-5/h6-9,16,22H,10-11H2,1-5H3. The molecule has 1 aromatic heterocycles. The molecule has 0 spiro atoms. The van der Waals surface area contributed by atoms with Crippen LogP contribution in [0.1, 0.15) is 27.3 Å². The normalized spacial score (nSPS) is 12.2. The summed E-state index contributed by atoms with van der Waals surface area (Å²) in [4.78, 5) is 14.0. The molecule has 1 heterocycles. The van der Waals surface area contributed by atoms with Crippen molar-refractivity contribution in [1.29, 1.82) is 0 Å². The third-order valence-electron chi connectivity index (χ3n) is 3.75. The summed E-state index contributed by atoms with van der Waals surface area (Å²) in [6.07, 6.45) is -0.716. The number of likely N-dealkylation sites (N-methyl/N-ethyl adjacent to an activating group) is 1. The highest BCUT2D eigenvalue weighted by atomic mass is 16.5. The highest BCUT2D eigenvalue weighted by Gasteiger charge is 2.19. The zero-order valence-electron chi connectivity index (χ0n) is 14.9. The summed E-state index contributed by atoms with van der Waals surface area (Å²) in [5.74, 6) is -0.226. The van der Waals surface area contributed by atoms with Gasteiger partial charge in [-0.2, -0.15) is 5.10 Å². The molecule has 0 saturated heterocycles. The molecule has 130 valence electrons. The van der Waals surface area contributed by atoms with Gasteiger partial charge in [-0.1, -0.05) is 6.07 Å². The first-order chi connectivity index (χ1) is 11.3. The number of rotatable bonds is 6. The highest BCUT2D eigenvalue weighted by molar-refractivity contribution is 5.92. The van der Waals surface area contributed by atoms with Gasteiger partial charge in [0, 0.05) is 26.4 Å². The molecule has 6 nitrogen and oxygen atoms in total. The van der Waals surface area contributed by atoms with E-state index >= 15 is 0 Å². The molecule has 0 aliphatic rings. The van der Waals surface area contributed by atoms with Crippen molar-refractivity contribution in [1.82, 2.24) is 14.7 Å². The number of aliphatic hydroxyl groups excluding tert-OH is 1. The van der Waals surface area contributed by atoms with Gasteiger partial charge in [-0.3, -0.25) is 4.79 Å². The molecule has 1 aromatic carbocycles. The SMILES string of the molecule is COCC(O)CN(C)C(=O)c1cc(C)n(-c2cc(C)cc(C)c2)n1. The van der Waals surface area contributed by atoms with Crippen LogP contribution >= 0.6 is 0 Å². The number of ether oxygens (including phenoxy) is 1. The minimum absolute atomic E-state index is 0.188. The van der Waals surface area contributed by atoms with E-state index in [0.29, 0.717) is 5.69 Å². The van der Waals surface area contributed by atoms with Gasteiger partial charge < -0.3 is 14.7 Å². The van der Waals surface area contributed by atoms with Gasteiger partial charge in [-0.05, 0) is 50.1 Å². The molecule has 24 heavy (non-hydrogen) atoms. The number of aryl methyl sites for hydroxylation is 3. The van der Waals surface area contributed by atoms with Crippen molar-refractivity contribution >= 4 is 5.91 Å². The average Bonchev–Trinajstić information content (AvgIpc) is 2.87. The van der Waals surface area contributed by atoms with Crippen molar-refractivity contribution in [3.05, 3.63) is 46.8 Å². The zero-order valence-corrected chi connectivity index (χ0v) is 14.9. The third-order valence-corrected chi connectivity index (χ3v) is 3.75. The highest BCUT2D eigenvalue weighted by Crippen LogP contribution is 2.17. The van der Waals surface area contributed by atoms with E-state index in [9.17, 15) is 9.90 Å². The van der Waals surface area contributed by atoms with Gasteiger partial charge in [0.1, 0.15) is 0 Å². The largest absolute Gasteiger partial charge is 0.389 e. The van der Waals surface area contributed by atoms with Crippen molar-refractivity contribution in [2.75, 3.05) is 27.3 Å². The fourth-order valence-corrected chi connectivity index (χ4v) is 2.75. The smallest absolute Gasteiger partial charge is 0.274 e. The molecule has 0 saturated carbocycles. The van der Waals surface area contributed by atoms with Gasteiger partial charge in [0.15, 0.2) is 5.69 Å². The Kier molecular flexibility index (Phi) is 5.75. The minimum atomic E-state index is -0.716. The van der Waals surface area contributed by atoms with Crippen molar-refractivity contribution in [2.45, 2.75) is 26.9 Å². The Morgan fingerprint density at radius 1 is 1.25 bits per heavy atom. The van der Waals surface area contributed by atoms with Crippen LogP contribution in [0.25, 0.3) is 5.69 Å². The van der Waals surface area contributed by atoms with Crippen LogP contribution in [0.2, 0.25) is 0 Å². The van der Waals surface area contributed by atoms with Gasteiger partial charge in [0.25, 0.3) is 5.91 Å². The van der Waals surface area contributed by atoms with Crippen LogP contribution in [0.15, 0.2) is 24.3 Å². The van der Waals surface area contributed by atoms with Crippen LogP contribution in [0.3, 0.4) is 0 Å². The Morgan fingerprint density at radius 2 is 1.88 bits per heavy atom. The van der Waals surface area contributed by atoms with Crippen LogP contribution in [-0.4, -0.2) is 59.1 Å². The number of carbonyl (C=O) groups is 1. The van der Waals surface area contributed by atoms with E-state index in [-0.39, 0.29) is 19.1 Å². The number of aromatic nitrogens is 2. The van der Waals surface area contributed by atoms with Crippen LogP contribution < -0.4 is 0 Å². The molecule has 6 heteroatoms. The number of nitrogens with zero attached hydrogens (tertiary/aromatic N) is 3. The van der Waals surface area contributed by atoms with E-state index in [1.807, 2.05) is 32.9 Å². The van der Waals surface area contributed by atoms with E-state index in [1.54, 1.807) is 17.8 Å². The van der Waals surface area contributed by atoms with Gasteiger partial charge in [0.05, 0.1) is 18.4 Å². The van der Waals surface area contributed by atoms with E-state index in [4.69, 9.17) is 4.74 Å². The molecule has 0 radical (unpaired) electrons. The predicted octanol–water partition coefficient (Wildman–Crippen LogP) is 1.88. The second-order valence-electron chi connectivity index (χ2n) is 6.22. The Bertz CT molecular complexity index is 704. The molecule has 1 amide bonds. The summed E-state index contributed by atoms with van der Waals surface area (Å²) >= 11 is 0. The first-order valence-electron chi connectivity index (χ1n) is 7.89. The van der Waals surface area contributed by atoms with Gasteiger partial charge in [0.2, 0.25) is 0 Å². The second-order valence-corrected chi connectivity index (χ2v) is 6.22. The average molecular weight is 331 g/mol. The maximum atomic E-state index is 12.5. The monoisotopic (exact) mass is 331 g/mol. The van der Waals surface area contributed by atoms with Crippen LogP contribution in [0.4, 0.5) is 0 Å². The molecule has 0 fully saturated rings. The van der Waals surface area contributed by atoms with E-state index in [2.05, 4.69) is 11.2 Å². The summed E-state index contributed by atoms with van der Waals surface area (Å²) in [7, 11) is 3.16. The molecule has 2 aromatic rings. The van der Waals surface area contributed by atoms with Crippen molar-refractivity contribution in [3.63, 3.8) is 0 Å². The van der Waals surface area contributed by atoms with Crippen LogP contribution in [-0.2, 0) is 4.74 Å². The summed E-state index contributed by atoms with van der Waals surface area (Å²) < 4.78 is 6.66. The fourth-order valence-electron chi connectivity index (χ4n) is 2.75. The number of hydrogen-bond donors (Lipinski definition) is 1. The van der Waals surface area contributed by atoms with Crippen molar-refractivity contribution in [2.24, 2.45) is 0 Å². The van der Waals surface area contributed by atoms with E-state index in [1.165, 1.54) is 12.0 Å². The molecular weight excluding hydrogens is 306 g/mol. The lowest BCUT2D eigenvalue weighted by Gasteiger charge is -2.19. The lowest BCUT2D eigenvalue weighted by Crippen LogP contribution is -2.36. The zero-order chi connectivity index (χ0) is 17.9. The third kappa shape index (κ3) is 4.21. The summed E-state index contributed by atoms with van der Waals surface area (Å²) in [6.45, 7) is 6.37. The molecule has 1 N–H and O–H groups in total. The van der Waals surface area contributed by atoms with Crippen molar-refractivity contribution < 1.29 is 14.6 Å². The Hall–Kier alpha value is -2.18. The molecule has 2 rings (SSSR count). The lowest BCUT2D eigenvalue weighted by atomic mass is 10.1. The number of carbonyl (C=O) groups excluding carboxylic acids is 1.